The normalized spacial score (nSPS) is 14.7. The lowest BCUT2D eigenvalue weighted by Gasteiger charge is -2.28. The number of nitrogens with zero attached hydrogens (tertiary/aromatic N) is 2. The summed E-state index contributed by atoms with van der Waals surface area (Å²) in [6, 6.07) is 9.77. The van der Waals surface area contributed by atoms with E-state index in [2.05, 4.69) is 38.6 Å². The number of fused-ring (bicyclic) bond motifs is 1. The average molecular weight is 391 g/mol. The Kier molecular flexibility index (Phi) is 5.98. The third-order valence-corrected chi connectivity index (χ3v) is 6.27. The van der Waals surface area contributed by atoms with Gasteiger partial charge in [0.15, 0.2) is 0 Å². The summed E-state index contributed by atoms with van der Waals surface area (Å²) in [7, 11) is -0.777. The standard InChI is InChI=1S/C19H25N3O4S/c1-21-14-17(12-18(21)19(23)26-2)27(24,25)20-9-5-10-22-11-8-15-6-3-4-7-16(15)13-22/h3-4,6-7,12,14,20H,5,8-11,13H2,1-2H3. The summed E-state index contributed by atoms with van der Waals surface area (Å²) in [5.41, 5.74) is 2.95. The molecule has 0 saturated carbocycles. The van der Waals surface area contributed by atoms with Crippen LogP contribution < -0.4 is 4.72 Å². The maximum atomic E-state index is 12.4. The van der Waals surface area contributed by atoms with Gasteiger partial charge in [0.1, 0.15) is 10.6 Å². The monoisotopic (exact) mass is 391 g/mol. The van der Waals surface area contributed by atoms with Crippen molar-refractivity contribution in [1.29, 1.82) is 0 Å². The number of benzene rings is 1. The third-order valence-electron chi connectivity index (χ3n) is 4.84. The van der Waals surface area contributed by atoms with Gasteiger partial charge in [-0.15, -0.1) is 0 Å². The summed E-state index contributed by atoms with van der Waals surface area (Å²) < 4.78 is 33.6. The van der Waals surface area contributed by atoms with Crippen LogP contribution in [0.4, 0.5) is 0 Å². The van der Waals surface area contributed by atoms with E-state index >= 15 is 0 Å². The number of hydrogen-bond donors (Lipinski definition) is 1. The minimum Gasteiger partial charge on any atom is -0.464 e. The summed E-state index contributed by atoms with van der Waals surface area (Å²) >= 11 is 0. The lowest BCUT2D eigenvalue weighted by molar-refractivity contribution is 0.0590. The van der Waals surface area contributed by atoms with Crippen molar-refractivity contribution in [3.8, 4) is 0 Å². The number of hydrogen-bond acceptors (Lipinski definition) is 5. The van der Waals surface area contributed by atoms with Gasteiger partial charge in [-0.2, -0.15) is 0 Å². The molecule has 3 rings (SSSR count). The van der Waals surface area contributed by atoms with Crippen LogP contribution in [-0.2, 0) is 34.8 Å². The molecule has 1 aromatic carbocycles. The number of esters is 1. The van der Waals surface area contributed by atoms with Gasteiger partial charge in [-0.3, -0.25) is 4.90 Å². The first-order chi connectivity index (χ1) is 12.9. The number of carbonyl (C=O) groups is 1. The van der Waals surface area contributed by atoms with E-state index in [4.69, 9.17) is 0 Å². The second-order valence-electron chi connectivity index (χ2n) is 6.71. The molecular formula is C19H25N3O4S. The maximum absolute atomic E-state index is 12.4. The number of rotatable bonds is 7. The van der Waals surface area contributed by atoms with Crippen LogP contribution in [0.5, 0.6) is 0 Å². The molecule has 1 N–H and O–H groups in total. The number of aryl methyl sites for hydroxylation is 1. The quantitative estimate of drug-likeness (QED) is 0.572. The minimum absolute atomic E-state index is 0.0669. The molecule has 7 nitrogen and oxygen atoms in total. The maximum Gasteiger partial charge on any atom is 0.354 e. The number of carbonyl (C=O) groups excluding carboxylic acids is 1. The Labute approximate surface area is 160 Å². The number of sulfonamides is 1. The molecular weight excluding hydrogens is 366 g/mol. The Bertz CT molecular complexity index is 921. The van der Waals surface area contributed by atoms with Crippen molar-refractivity contribution in [2.45, 2.75) is 24.3 Å². The molecule has 146 valence electrons. The van der Waals surface area contributed by atoms with Crippen molar-refractivity contribution < 1.29 is 17.9 Å². The highest BCUT2D eigenvalue weighted by molar-refractivity contribution is 7.89. The smallest absolute Gasteiger partial charge is 0.354 e. The molecule has 27 heavy (non-hydrogen) atoms. The lowest BCUT2D eigenvalue weighted by atomic mass is 10.00. The first-order valence-corrected chi connectivity index (χ1v) is 10.4. The van der Waals surface area contributed by atoms with E-state index in [0.717, 1.165) is 32.5 Å². The molecule has 1 aliphatic heterocycles. The Morgan fingerprint density at radius 2 is 2.00 bits per heavy atom. The summed E-state index contributed by atoms with van der Waals surface area (Å²) in [5.74, 6) is -0.565. The second kappa shape index (κ2) is 8.24. The Balaban J connectivity index is 1.51. The highest BCUT2D eigenvalue weighted by Gasteiger charge is 2.21. The molecule has 8 heteroatoms. The zero-order valence-corrected chi connectivity index (χ0v) is 16.5. The summed E-state index contributed by atoms with van der Waals surface area (Å²) in [6.07, 6.45) is 3.16. The predicted octanol–water partition coefficient (Wildman–Crippen LogP) is 1.54. The molecule has 0 aliphatic carbocycles. The largest absolute Gasteiger partial charge is 0.464 e. The SMILES string of the molecule is COC(=O)c1cc(S(=O)(=O)NCCCN2CCc3ccccc3C2)cn1C. The predicted molar refractivity (Wildman–Crippen MR) is 102 cm³/mol. The molecule has 2 heterocycles. The fraction of sp³-hybridized carbons (Fsp3) is 0.421. The van der Waals surface area contributed by atoms with E-state index in [1.165, 1.54) is 35.1 Å². The Hall–Kier alpha value is -2.16. The molecule has 0 unspecified atom stereocenters. The summed E-state index contributed by atoms with van der Waals surface area (Å²) in [4.78, 5) is 14.0. The fourth-order valence-electron chi connectivity index (χ4n) is 3.33. The van der Waals surface area contributed by atoms with Crippen LogP contribution in [0.25, 0.3) is 0 Å². The first-order valence-electron chi connectivity index (χ1n) is 8.94. The van der Waals surface area contributed by atoms with Gasteiger partial charge < -0.3 is 9.30 Å². The minimum atomic E-state index is -3.65. The van der Waals surface area contributed by atoms with Crippen molar-refractivity contribution in [2.75, 3.05) is 26.7 Å². The van der Waals surface area contributed by atoms with E-state index in [-0.39, 0.29) is 10.6 Å². The molecule has 2 aromatic rings. The molecule has 0 radical (unpaired) electrons. The van der Waals surface area contributed by atoms with Crippen molar-refractivity contribution >= 4 is 16.0 Å². The number of nitrogens with one attached hydrogen (secondary N) is 1. The van der Waals surface area contributed by atoms with Crippen LogP contribution in [0.2, 0.25) is 0 Å². The van der Waals surface area contributed by atoms with E-state index in [0.29, 0.717) is 6.54 Å². The van der Waals surface area contributed by atoms with Crippen LogP contribution in [-0.4, -0.2) is 50.6 Å². The molecule has 1 aromatic heterocycles. The van der Waals surface area contributed by atoms with Crippen molar-refractivity contribution in [1.82, 2.24) is 14.2 Å². The first kappa shape index (κ1) is 19.6. The summed E-state index contributed by atoms with van der Waals surface area (Å²) in [5, 5.41) is 0. The number of aromatic nitrogens is 1. The van der Waals surface area contributed by atoms with Crippen LogP contribution >= 0.6 is 0 Å². The van der Waals surface area contributed by atoms with Crippen molar-refractivity contribution in [3.63, 3.8) is 0 Å². The second-order valence-corrected chi connectivity index (χ2v) is 8.48. The van der Waals surface area contributed by atoms with E-state index in [1.807, 2.05) is 0 Å². The van der Waals surface area contributed by atoms with Crippen LogP contribution in [0.1, 0.15) is 28.0 Å². The zero-order chi connectivity index (χ0) is 19.4. The van der Waals surface area contributed by atoms with Gasteiger partial charge >= 0.3 is 5.97 Å². The summed E-state index contributed by atoms with van der Waals surface area (Å²) in [6.45, 7) is 3.08. The fourth-order valence-corrected chi connectivity index (χ4v) is 4.47. The zero-order valence-electron chi connectivity index (χ0n) is 15.6. The molecule has 1 aliphatic rings. The lowest BCUT2D eigenvalue weighted by Crippen LogP contribution is -2.33. The van der Waals surface area contributed by atoms with Crippen LogP contribution in [0.3, 0.4) is 0 Å². The van der Waals surface area contributed by atoms with Crippen molar-refractivity contribution in [2.24, 2.45) is 7.05 Å². The van der Waals surface area contributed by atoms with E-state index < -0.39 is 16.0 Å². The van der Waals surface area contributed by atoms with Gasteiger partial charge in [0.25, 0.3) is 0 Å². The van der Waals surface area contributed by atoms with E-state index in [1.54, 1.807) is 7.05 Å². The Morgan fingerprint density at radius 3 is 2.74 bits per heavy atom. The van der Waals surface area contributed by atoms with Gasteiger partial charge in [-0.05, 0) is 36.6 Å². The highest BCUT2D eigenvalue weighted by Crippen LogP contribution is 2.18. The molecule has 0 saturated heterocycles. The molecule has 0 fully saturated rings. The van der Waals surface area contributed by atoms with E-state index in [9.17, 15) is 13.2 Å². The Morgan fingerprint density at radius 1 is 1.26 bits per heavy atom. The average Bonchev–Trinajstić information content (AvgIpc) is 3.07. The van der Waals surface area contributed by atoms with Crippen LogP contribution in [0, 0.1) is 0 Å². The van der Waals surface area contributed by atoms with Gasteiger partial charge in [0.05, 0.1) is 7.11 Å². The van der Waals surface area contributed by atoms with Gasteiger partial charge in [0.2, 0.25) is 10.0 Å². The molecule has 0 bridgehead atoms. The third kappa shape index (κ3) is 4.58. The molecule has 0 amide bonds. The van der Waals surface area contributed by atoms with Crippen LogP contribution in [0.15, 0.2) is 41.4 Å². The molecule has 0 atom stereocenters. The van der Waals surface area contributed by atoms with Gasteiger partial charge in [0, 0.05) is 32.9 Å². The topological polar surface area (TPSA) is 80.6 Å². The number of methoxy groups -OCH3 is 1. The highest BCUT2D eigenvalue weighted by atomic mass is 32.2. The number of ether oxygens (including phenoxy) is 1. The van der Waals surface area contributed by atoms with Gasteiger partial charge in [-0.25, -0.2) is 17.9 Å². The van der Waals surface area contributed by atoms with Gasteiger partial charge in [-0.1, -0.05) is 24.3 Å². The molecule has 0 spiro atoms. The van der Waals surface area contributed by atoms with Crippen molar-refractivity contribution in [3.05, 3.63) is 53.3 Å².